The van der Waals surface area contributed by atoms with Crippen LogP contribution in [0.3, 0.4) is 0 Å². The van der Waals surface area contributed by atoms with Crippen molar-refractivity contribution in [2.24, 2.45) is 0 Å². The molecule has 0 aromatic rings. The van der Waals surface area contributed by atoms with Crippen LogP contribution >= 0.6 is 23.5 Å². The Labute approximate surface area is 136 Å². The van der Waals surface area contributed by atoms with Gasteiger partial charge in [0.05, 0.1) is 0 Å². The lowest BCUT2D eigenvalue weighted by molar-refractivity contribution is -0.00413. The van der Waals surface area contributed by atoms with Crippen molar-refractivity contribution in [3.8, 4) is 0 Å². The normalized spacial score (nSPS) is 59.1. The number of hydrogen-bond donors (Lipinski definition) is 0. The molecule has 15 heteroatoms. The second-order valence-electron chi connectivity index (χ2n) is 6.13. The van der Waals surface area contributed by atoms with Gasteiger partial charge in [0.1, 0.15) is 19.8 Å². The van der Waals surface area contributed by atoms with Crippen LogP contribution in [0.25, 0.3) is 0 Å². The second kappa shape index (κ2) is 4.98. The Hall–Kier alpha value is 0.330. The quantitative estimate of drug-likeness (QED) is 0.470. The average Bonchev–Trinajstić information content (AvgIpc) is 3.26. The third kappa shape index (κ3) is 3.86. The number of phosphoric acid groups is 3. The molecule has 0 amide bonds. The highest BCUT2D eigenvalue weighted by Crippen LogP contribution is 2.85. The molecule has 0 saturated carbocycles. The first-order chi connectivity index (χ1) is 10.9. The summed E-state index contributed by atoms with van der Waals surface area (Å²) in [6.45, 7) is 4.56. The minimum atomic E-state index is -4.67. The zero-order valence-electron chi connectivity index (χ0n) is 12.9. The Morgan fingerprint density at radius 2 is 0.833 bits per heavy atom. The van der Waals surface area contributed by atoms with Crippen molar-refractivity contribution in [1.29, 1.82) is 0 Å². The van der Waals surface area contributed by atoms with Crippen molar-refractivity contribution in [1.82, 2.24) is 0 Å². The van der Waals surface area contributed by atoms with Gasteiger partial charge >= 0.3 is 23.5 Å². The van der Waals surface area contributed by atoms with E-state index >= 15 is 0 Å². The minimum Gasteiger partial charge on any atom is -0.342 e. The molecular formula is C9H15O12P3. The van der Waals surface area contributed by atoms with Crippen LogP contribution in [0.15, 0.2) is 0 Å². The summed E-state index contributed by atoms with van der Waals surface area (Å²) < 4.78 is 82.5. The molecule has 4 aliphatic heterocycles. The van der Waals surface area contributed by atoms with E-state index in [9.17, 15) is 13.7 Å². The third-order valence-corrected chi connectivity index (χ3v) is 9.80. The first-order valence-corrected chi connectivity index (χ1v) is 11.2. The molecule has 24 heavy (non-hydrogen) atoms. The predicted molar refractivity (Wildman–Crippen MR) is 72.4 cm³/mol. The van der Waals surface area contributed by atoms with Gasteiger partial charge in [0.25, 0.3) is 0 Å². The molecule has 4 aliphatic rings. The summed E-state index contributed by atoms with van der Waals surface area (Å²) in [7, 11) is -14.0. The van der Waals surface area contributed by atoms with Crippen molar-refractivity contribution in [2.75, 3.05) is 19.8 Å². The van der Waals surface area contributed by atoms with E-state index in [1.165, 1.54) is 20.8 Å². The lowest BCUT2D eigenvalue weighted by Crippen LogP contribution is -2.20. The van der Waals surface area contributed by atoms with Gasteiger partial charge in [0.2, 0.25) is 17.4 Å². The number of hydrogen-bond acceptors (Lipinski definition) is 12. The summed E-state index contributed by atoms with van der Waals surface area (Å²) in [6.07, 6.45) is 0. The van der Waals surface area contributed by atoms with Crippen LogP contribution in [0, 0.1) is 0 Å². The highest BCUT2D eigenvalue weighted by atomic mass is 31.3. The molecular weight excluding hydrogens is 393 g/mol. The molecule has 3 unspecified atom stereocenters. The molecule has 12 nitrogen and oxygen atoms in total. The number of ether oxygens (including phenoxy) is 3. The maximum atomic E-state index is 12.7. The van der Waals surface area contributed by atoms with Crippen molar-refractivity contribution in [2.45, 2.75) is 38.1 Å². The van der Waals surface area contributed by atoms with Gasteiger partial charge in [-0.1, -0.05) is 0 Å². The SMILES string of the molecule is CC1(OP2(=O)OP(=O)(OC3(C)CO3)OP(=O)(OC3(C)CO3)O2)CO1. The van der Waals surface area contributed by atoms with Gasteiger partial charge in [-0.25, -0.2) is 13.7 Å². The van der Waals surface area contributed by atoms with Gasteiger partial charge in [-0.15, -0.1) is 0 Å². The summed E-state index contributed by atoms with van der Waals surface area (Å²) in [6, 6.07) is 0. The molecule has 3 atom stereocenters. The highest BCUT2D eigenvalue weighted by Gasteiger charge is 2.66. The Morgan fingerprint density at radius 1 is 0.625 bits per heavy atom. The van der Waals surface area contributed by atoms with Gasteiger partial charge in [-0.2, -0.15) is 12.9 Å². The molecule has 4 saturated heterocycles. The molecule has 0 aromatic heterocycles. The zero-order valence-corrected chi connectivity index (χ0v) is 15.5. The highest BCUT2D eigenvalue weighted by molar-refractivity contribution is 7.75. The van der Waals surface area contributed by atoms with Crippen LogP contribution in [0.2, 0.25) is 0 Å². The molecule has 0 bridgehead atoms. The summed E-state index contributed by atoms with van der Waals surface area (Å²) in [5.41, 5.74) is 0. The van der Waals surface area contributed by atoms with Crippen LogP contribution in [-0.2, 0) is 54.4 Å². The van der Waals surface area contributed by atoms with E-state index in [-0.39, 0.29) is 19.8 Å². The molecule has 0 radical (unpaired) electrons. The molecule has 138 valence electrons. The maximum Gasteiger partial charge on any atom is 0.495 e. The Bertz CT molecular complexity index is 593. The van der Waals surface area contributed by atoms with Crippen LogP contribution in [0.4, 0.5) is 0 Å². The molecule has 0 spiro atoms. The molecule has 4 rings (SSSR count). The summed E-state index contributed by atoms with van der Waals surface area (Å²) in [4.78, 5) is 0. The fourth-order valence-corrected chi connectivity index (χ4v) is 8.32. The van der Waals surface area contributed by atoms with E-state index in [0.29, 0.717) is 0 Å². The fraction of sp³-hybridized carbons (Fsp3) is 1.00. The van der Waals surface area contributed by atoms with Crippen LogP contribution in [-0.4, -0.2) is 37.2 Å². The van der Waals surface area contributed by atoms with Crippen LogP contribution < -0.4 is 0 Å². The first-order valence-electron chi connectivity index (χ1n) is 6.84. The van der Waals surface area contributed by atoms with E-state index in [4.69, 9.17) is 40.7 Å². The Balaban J connectivity index is 1.61. The first kappa shape index (κ1) is 17.7. The minimum absolute atomic E-state index is 0.0859. The zero-order chi connectivity index (χ0) is 17.5. The van der Waals surface area contributed by atoms with E-state index in [0.717, 1.165) is 0 Å². The smallest absolute Gasteiger partial charge is 0.342 e. The molecule has 4 fully saturated rings. The topological polar surface area (TPSA) is 144 Å². The maximum absolute atomic E-state index is 12.7. The van der Waals surface area contributed by atoms with Gasteiger partial charge < -0.3 is 14.2 Å². The largest absolute Gasteiger partial charge is 0.495 e. The summed E-state index contributed by atoms with van der Waals surface area (Å²) in [5, 5.41) is 0. The van der Waals surface area contributed by atoms with Gasteiger partial charge in [0.15, 0.2) is 0 Å². The van der Waals surface area contributed by atoms with E-state index in [1.807, 2.05) is 0 Å². The van der Waals surface area contributed by atoms with Gasteiger partial charge in [-0.05, 0) is 20.8 Å². The van der Waals surface area contributed by atoms with Gasteiger partial charge in [-0.3, -0.25) is 13.6 Å². The van der Waals surface area contributed by atoms with Crippen molar-refractivity contribution >= 4 is 23.5 Å². The monoisotopic (exact) mass is 408 g/mol. The Kier molecular flexibility index (Phi) is 3.68. The molecule has 0 aliphatic carbocycles. The molecule has 4 heterocycles. The van der Waals surface area contributed by atoms with E-state index < -0.39 is 40.8 Å². The van der Waals surface area contributed by atoms with Gasteiger partial charge in [0, 0.05) is 0 Å². The summed E-state index contributed by atoms with van der Waals surface area (Å²) in [5.74, 6) is -3.87. The van der Waals surface area contributed by atoms with Crippen molar-refractivity contribution in [3.63, 3.8) is 0 Å². The standard InChI is InChI=1S/C9H15O12P3/c1-7(4-13-7)16-22(10)19-23(11,17-8(2)5-14-8)21-24(12,20-22)18-9(3)6-15-9/h4-6H2,1-3H3. The average molecular weight is 408 g/mol. The van der Waals surface area contributed by atoms with Crippen LogP contribution in [0.5, 0.6) is 0 Å². The Morgan fingerprint density at radius 3 is 1.00 bits per heavy atom. The molecule has 0 aromatic carbocycles. The van der Waals surface area contributed by atoms with E-state index in [2.05, 4.69) is 0 Å². The van der Waals surface area contributed by atoms with Crippen LogP contribution in [0.1, 0.15) is 20.8 Å². The predicted octanol–water partition coefficient (Wildman–Crippen LogP) is 2.66. The summed E-state index contributed by atoms with van der Waals surface area (Å²) >= 11 is 0. The number of rotatable bonds is 6. The van der Waals surface area contributed by atoms with Crippen molar-refractivity contribution in [3.05, 3.63) is 0 Å². The number of epoxide rings is 3. The lowest BCUT2D eigenvalue weighted by Gasteiger charge is -2.32. The second-order valence-corrected chi connectivity index (χ2v) is 11.3. The van der Waals surface area contributed by atoms with Crippen molar-refractivity contribution < 1.29 is 54.4 Å². The van der Waals surface area contributed by atoms with E-state index in [1.54, 1.807) is 0 Å². The third-order valence-electron chi connectivity index (χ3n) is 3.17. The fourth-order valence-electron chi connectivity index (χ4n) is 1.68. The molecule has 0 N–H and O–H groups in total. The lowest BCUT2D eigenvalue weighted by atomic mass is 10.5.